The molecule has 0 amide bonds. The van der Waals surface area contributed by atoms with E-state index in [9.17, 15) is 4.79 Å². The number of nitrogens with zero attached hydrogens (tertiary/aromatic N) is 3. The van der Waals surface area contributed by atoms with Crippen LogP contribution in [0.15, 0.2) is 23.0 Å². The van der Waals surface area contributed by atoms with Crippen molar-refractivity contribution < 1.29 is 0 Å². The summed E-state index contributed by atoms with van der Waals surface area (Å²) < 4.78 is 3.27. The van der Waals surface area contributed by atoms with Crippen LogP contribution in [0.1, 0.15) is 24.2 Å². The molecule has 2 N–H and O–H groups in total. The lowest BCUT2D eigenvalue weighted by molar-refractivity contribution is 0.511. The van der Waals surface area contributed by atoms with Gasteiger partial charge in [-0.2, -0.15) is 5.10 Å². The van der Waals surface area contributed by atoms with Gasteiger partial charge in [0, 0.05) is 13.0 Å². The van der Waals surface area contributed by atoms with Gasteiger partial charge < -0.3 is 5.73 Å². The van der Waals surface area contributed by atoms with E-state index in [0.717, 1.165) is 37.2 Å². The summed E-state index contributed by atoms with van der Waals surface area (Å²) in [5.41, 5.74) is 7.18. The maximum atomic E-state index is 12.2. The largest absolute Gasteiger partial charge is 0.398 e. The van der Waals surface area contributed by atoms with Crippen molar-refractivity contribution in [3.05, 3.63) is 45.1 Å². The predicted octanol–water partition coefficient (Wildman–Crippen LogP) is 1.66. The number of nitrogen functional groups attached to an aromatic ring is 1. The van der Waals surface area contributed by atoms with Crippen LogP contribution in [-0.2, 0) is 19.5 Å². The highest BCUT2D eigenvalue weighted by molar-refractivity contribution is 6.33. The third kappa shape index (κ3) is 2.26. The number of hydrogen-bond donors (Lipinski definition) is 1. The van der Waals surface area contributed by atoms with Crippen molar-refractivity contribution in [2.45, 2.75) is 32.4 Å². The predicted molar refractivity (Wildman–Crippen MR) is 74.4 cm³/mol. The van der Waals surface area contributed by atoms with Gasteiger partial charge in [0.1, 0.15) is 5.82 Å². The fourth-order valence-electron chi connectivity index (χ4n) is 2.42. The summed E-state index contributed by atoms with van der Waals surface area (Å²) in [4.78, 5) is 12.2. The lowest BCUT2D eigenvalue weighted by Crippen LogP contribution is -2.27. The van der Waals surface area contributed by atoms with Crippen molar-refractivity contribution in [1.82, 2.24) is 14.3 Å². The van der Waals surface area contributed by atoms with Gasteiger partial charge in [0.25, 0.3) is 0 Å². The average Bonchev–Trinajstić information content (AvgIpc) is 2.72. The topological polar surface area (TPSA) is 65.8 Å². The Labute approximate surface area is 115 Å². The van der Waals surface area contributed by atoms with E-state index in [1.165, 1.54) is 4.68 Å². The normalized spacial score (nSPS) is 14.4. The number of rotatable bonds is 2. The van der Waals surface area contributed by atoms with E-state index >= 15 is 0 Å². The van der Waals surface area contributed by atoms with Crippen molar-refractivity contribution in [2.75, 3.05) is 5.73 Å². The van der Waals surface area contributed by atoms with Crippen LogP contribution in [0.4, 0.5) is 5.69 Å². The Hall–Kier alpha value is -1.75. The molecule has 0 radical (unpaired) electrons. The number of benzene rings is 1. The Morgan fingerprint density at radius 3 is 2.95 bits per heavy atom. The number of aryl methyl sites for hydroxylation is 1. The van der Waals surface area contributed by atoms with Gasteiger partial charge in [-0.05, 0) is 30.5 Å². The fourth-order valence-corrected chi connectivity index (χ4v) is 2.53. The van der Waals surface area contributed by atoms with Crippen LogP contribution in [0.2, 0.25) is 5.02 Å². The maximum Gasteiger partial charge on any atom is 0.346 e. The first-order valence-electron chi connectivity index (χ1n) is 6.35. The van der Waals surface area contributed by atoms with Crippen LogP contribution in [0, 0.1) is 0 Å². The van der Waals surface area contributed by atoms with Crippen LogP contribution in [0.5, 0.6) is 0 Å². The Kier molecular flexibility index (Phi) is 3.06. The lowest BCUT2D eigenvalue weighted by Gasteiger charge is -2.09. The number of fused-ring (bicyclic) bond motifs is 1. The van der Waals surface area contributed by atoms with E-state index < -0.39 is 0 Å². The average molecular weight is 279 g/mol. The molecule has 2 aromatic rings. The molecule has 1 aromatic heterocycles. The van der Waals surface area contributed by atoms with Crippen LogP contribution in [0.25, 0.3) is 0 Å². The van der Waals surface area contributed by atoms with Crippen LogP contribution in [0.3, 0.4) is 0 Å². The van der Waals surface area contributed by atoms with E-state index in [2.05, 4.69) is 5.10 Å². The highest BCUT2D eigenvalue weighted by Crippen LogP contribution is 2.19. The van der Waals surface area contributed by atoms with Gasteiger partial charge in [0.15, 0.2) is 0 Å². The Morgan fingerprint density at radius 1 is 1.37 bits per heavy atom. The molecule has 0 saturated heterocycles. The van der Waals surface area contributed by atoms with E-state index in [0.29, 0.717) is 17.3 Å². The minimum absolute atomic E-state index is 0.0387. The molecule has 2 heterocycles. The van der Waals surface area contributed by atoms with E-state index in [1.54, 1.807) is 16.7 Å². The highest BCUT2D eigenvalue weighted by Gasteiger charge is 2.16. The molecule has 3 rings (SSSR count). The third-order valence-electron chi connectivity index (χ3n) is 3.42. The fraction of sp³-hybridized carbons (Fsp3) is 0.385. The van der Waals surface area contributed by atoms with Gasteiger partial charge >= 0.3 is 5.69 Å². The second kappa shape index (κ2) is 4.74. The van der Waals surface area contributed by atoms with Crippen molar-refractivity contribution in [3.8, 4) is 0 Å². The Bertz CT molecular complexity index is 674. The number of nitrogens with two attached hydrogens (primary N) is 1. The molecule has 0 saturated carbocycles. The van der Waals surface area contributed by atoms with Crippen LogP contribution >= 0.6 is 11.6 Å². The van der Waals surface area contributed by atoms with Crippen molar-refractivity contribution in [1.29, 1.82) is 0 Å². The molecule has 0 fully saturated rings. The number of halogens is 1. The Balaban J connectivity index is 1.93. The molecule has 1 aliphatic heterocycles. The summed E-state index contributed by atoms with van der Waals surface area (Å²) in [6.07, 6.45) is 3.03. The van der Waals surface area contributed by atoms with Gasteiger partial charge in [0.2, 0.25) is 0 Å². The smallest absolute Gasteiger partial charge is 0.346 e. The van der Waals surface area contributed by atoms with Crippen molar-refractivity contribution in [2.24, 2.45) is 0 Å². The zero-order chi connectivity index (χ0) is 13.4. The summed E-state index contributed by atoms with van der Waals surface area (Å²) in [6.45, 7) is 1.21. The number of anilines is 1. The third-order valence-corrected chi connectivity index (χ3v) is 3.77. The molecule has 0 aliphatic carbocycles. The number of hydrogen-bond acceptors (Lipinski definition) is 3. The minimum Gasteiger partial charge on any atom is -0.398 e. The van der Waals surface area contributed by atoms with Crippen LogP contribution < -0.4 is 11.4 Å². The number of aromatic nitrogens is 3. The van der Waals surface area contributed by atoms with E-state index in [1.807, 2.05) is 6.07 Å². The second-order valence-electron chi connectivity index (χ2n) is 4.82. The molecule has 0 bridgehead atoms. The molecular weight excluding hydrogens is 264 g/mol. The van der Waals surface area contributed by atoms with Crippen LogP contribution in [-0.4, -0.2) is 14.3 Å². The zero-order valence-electron chi connectivity index (χ0n) is 10.5. The van der Waals surface area contributed by atoms with Gasteiger partial charge in [0.05, 0.1) is 17.3 Å². The molecule has 5 nitrogen and oxygen atoms in total. The lowest BCUT2D eigenvalue weighted by atomic mass is 10.2. The van der Waals surface area contributed by atoms with Crippen molar-refractivity contribution in [3.63, 3.8) is 0 Å². The molecule has 0 unspecified atom stereocenters. The first-order valence-corrected chi connectivity index (χ1v) is 6.73. The van der Waals surface area contributed by atoms with E-state index in [-0.39, 0.29) is 5.69 Å². The van der Waals surface area contributed by atoms with Gasteiger partial charge in [-0.1, -0.05) is 17.7 Å². The quantitative estimate of drug-likeness (QED) is 0.850. The second-order valence-corrected chi connectivity index (χ2v) is 5.23. The summed E-state index contributed by atoms with van der Waals surface area (Å²) in [5, 5.41) is 4.92. The highest BCUT2D eigenvalue weighted by atomic mass is 35.5. The summed E-state index contributed by atoms with van der Waals surface area (Å²) in [5.74, 6) is 0.887. The molecule has 0 atom stereocenters. The first-order chi connectivity index (χ1) is 9.15. The molecule has 19 heavy (non-hydrogen) atoms. The maximum absolute atomic E-state index is 12.2. The standard InChI is InChI=1S/C13H15ClN4O/c14-10-5-4-9(7-11(10)15)8-18-13(19)17-6-2-1-3-12(17)16-18/h4-5,7H,1-3,6,8,15H2. The molecule has 1 aliphatic rings. The van der Waals surface area contributed by atoms with E-state index in [4.69, 9.17) is 17.3 Å². The molecule has 6 heteroatoms. The van der Waals surface area contributed by atoms with Gasteiger partial charge in [-0.3, -0.25) is 4.57 Å². The summed E-state index contributed by atoms with van der Waals surface area (Å²) in [6, 6.07) is 5.39. The monoisotopic (exact) mass is 278 g/mol. The van der Waals surface area contributed by atoms with Gasteiger partial charge in [-0.25, -0.2) is 9.48 Å². The van der Waals surface area contributed by atoms with Crippen molar-refractivity contribution >= 4 is 17.3 Å². The SMILES string of the molecule is Nc1cc(Cn2nc3n(c2=O)CCCC3)ccc1Cl. The minimum atomic E-state index is -0.0387. The molecule has 100 valence electrons. The summed E-state index contributed by atoms with van der Waals surface area (Å²) >= 11 is 5.88. The molecular formula is C13H15ClN4O. The summed E-state index contributed by atoms with van der Waals surface area (Å²) in [7, 11) is 0. The first kappa shape index (κ1) is 12.3. The molecule has 0 spiro atoms. The van der Waals surface area contributed by atoms with Gasteiger partial charge in [-0.15, -0.1) is 0 Å². The zero-order valence-corrected chi connectivity index (χ0v) is 11.2. The molecule has 1 aromatic carbocycles. The Morgan fingerprint density at radius 2 is 2.21 bits per heavy atom.